The number of carbonyl (C=O) groups is 2. The van der Waals surface area contributed by atoms with Crippen molar-refractivity contribution >= 4 is 35.3 Å². The third-order valence-electron chi connectivity index (χ3n) is 3.99. The molecule has 0 saturated heterocycles. The second-order valence-electron chi connectivity index (χ2n) is 6.32. The van der Waals surface area contributed by atoms with Crippen LogP contribution in [0.4, 0.5) is 4.79 Å². The maximum atomic E-state index is 12.1. The maximum absolute atomic E-state index is 12.1. The van der Waals surface area contributed by atoms with Crippen molar-refractivity contribution in [3.8, 4) is 17.1 Å². The molecule has 30 heavy (non-hydrogen) atoms. The molecule has 2 aromatic carbocycles. The van der Waals surface area contributed by atoms with E-state index in [0.29, 0.717) is 16.0 Å². The number of nitrogens with one attached hydrogen (secondary N) is 2. The van der Waals surface area contributed by atoms with Crippen LogP contribution in [0.3, 0.4) is 0 Å². The van der Waals surface area contributed by atoms with Gasteiger partial charge in [0.25, 0.3) is 0 Å². The zero-order valence-corrected chi connectivity index (χ0v) is 17.8. The first kappa shape index (κ1) is 21.6. The molecule has 0 saturated carbocycles. The predicted octanol–water partition coefficient (Wildman–Crippen LogP) is 4.00. The lowest BCUT2D eigenvalue weighted by Crippen LogP contribution is -2.40. The highest BCUT2D eigenvalue weighted by Gasteiger charge is 2.18. The molecule has 1 heterocycles. The van der Waals surface area contributed by atoms with Crippen molar-refractivity contribution in [2.75, 3.05) is 12.3 Å². The Hall–Kier alpha value is -3.10. The van der Waals surface area contributed by atoms with E-state index in [4.69, 9.17) is 11.6 Å². The number of rotatable bonds is 7. The Morgan fingerprint density at radius 2 is 1.97 bits per heavy atom. The SMILES string of the molecule is C=CCNC(=O)NC(=O)CSc1nnc(-c2ccc(Cl)cc2)n1-c1cccc(C)c1. The minimum atomic E-state index is -0.567. The molecule has 0 atom stereocenters. The van der Waals surface area contributed by atoms with Crippen LogP contribution in [0, 0.1) is 6.92 Å². The average Bonchev–Trinajstić information content (AvgIpc) is 3.15. The number of hydrogen-bond acceptors (Lipinski definition) is 5. The largest absolute Gasteiger partial charge is 0.334 e. The molecule has 1 aromatic heterocycles. The number of halogens is 1. The van der Waals surface area contributed by atoms with Gasteiger partial charge in [-0.1, -0.05) is 41.6 Å². The van der Waals surface area contributed by atoms with Gasteiger partial charge in [-0.05, 0) is 48.9 Å². The first-order valence-electron chi connectivity index (χ1n) is 9.07. The van der Waals surface area contributed by atoms with Crippen molar-refractivity contribution in [2.45, 2.75) is 12.1 Å². The van der Waals surface area contributed by atoms with Crippen molar-refractivity contribution < 1.29 is 9.59 Å². The number of hydrogen-bond donors (Lipinski definition) is 2. The fourth-order valence-corrected chi connectivity index (χ4v) is 3.53. The number of imide groups is 1. The number of aryl methyl sites for hydroxylation is 1. The average molecular weight is 442 g/mol. The number of aromatic nitrogens is 3. The maximum Gasteiger partial charge on any atom is 0.321 e. The second-order valence-corrected chi connectivity index (χ2v) is 7.70. The van der Waals surface area contributed by atoms with E-state index in [1.54, 1.807) is 12.1 Å². The zero-order valence-electron chi connectivity index (χ0n) is 16.3. The summed E-state index contributed by atoms with van der Waals surface area (Å²) in [6.07, 6.45) is 1.53. The summed E-state index contributed by atoms with van der Waals surface area (Å²) < 4.78 is 1.88. The Morgan fingerprint density at radius 1 is 1.20 bits per heavy atom. The molecule has 0 aliphatic heterocycles. The fraction of sp³-hybridized carbons (Fsp3) is 0.143. The number of benzene rings is 2. The predicted molar refractivity (Wildman–Crippen MR) is 119 cm³/mol. The van der Waals surface area contributed by atoms with Gasteiger partial charge in [-0.25, -0.2) is 4.79 Å². The van der Waals surface area contributed by atoms with Crippen LogP contribution >= 0.6 is 23.4 Å². The van der Waals surface area contributed by atoms with E-state index in [0.717, 1.165) is 16.8 Å². The van der Waals surface area contributed by atoms with Gasteiger partial charge >= 0.3 is 6.03 Å². The molecule has 0 fully saturated rings. The highest BCUT2D eigenvalue weighted by atomic mass is 35.5. The molecule has 3 rings (SSSR count). The molecular formula is C21H20ClN5O2S. The fourth-order valence-electron chi connectivity index (χ4n) is 2.65. The van der Waals surface area contributed by atoms with Gasteiger partial charge in [-0.15, -0.1) is 16.8 Å². The number of amides is 3. The van der Waals surface area contributed by atoms with Crippen LogP contribution in [0.5, 0.6) is 0 Å². The quantitative estimate of drug-likeness (QED) is 0.427. The van der Waals surface area contributed by atoms with Crippen LogP contribution in [0.15, 0.2) is 66.3 Å². The molecule has 0 spiro atoms. The lowest BCUT2D eigenvalue weighted by molar-refractivity contribution is -0.117. The summed E-state index contributed by atoms with van der Waals surface area (Å²) in [6, 6.07) is 14.6. The highest BCUT2D eigenvalue weighted by Crippen LogP contribution is 2.29. The van der Waals surface area contributed by atoms with E-state index in [2.05, 4.69) is 27.4 Å². The Balaban J connectivity index is 1.86. The van der Waals surface area contributed by atoms with E-state index < -0.39 is 11.9 Å². The van der Waals surface area contributed by atoms with Gasteiger partial charge in [0, 0.05) is 22.8 Å². The van der Waals surface area contributed by atoms with Gasteiger partial charge in [-0.3, -0.25) is 14.7 Å². The van der Waals surface area contributed by atoms with Crippen molar-refractivity contribution in [2.24, 2.45) is 0 Å². The Kier molecular flexibility index (Phi) is 7.26. The van der Waals surface area contributed by atoms with E-state index >= 15 is 0 Å². The van der Waals surface area contributed by atoms with Gasteiger partial charge < -0.3 is 5.32 Å². The molecule has 0 aliphatic carbocycles. The van der Waals surface area contributed by atoms with Gasteiger partial charge in [-0.2, -0.15) is 0 Å². The molecule has 2 N–H and O–H groups in total. The standard InChI is InChI=1S/C21H20ClN5O2S/c1-3-11-23-20(29)24-18(28)13-30-21-26-25-19(15-7-9-16(22)10-8-15)27(21)17-6-4-5-14(2)12-17/h3-10,12H,1,11,13H2,2H3,(H2,23,24,28,29). The van der Waals surface area contributed by atoms with Crippen molar-refractivity contribution in [3.05, 3.63) is 71.8 Å². The first-order valence-corrected chi connectivity index (χ1v) is 10.4. The molecule has 154 valence electrons. The molecule has 0 bridgehead atoms. The minimum absolute atomic E-state index is 0.00603. The molecule has 0 aliphatic rings. The molecule has 0 radical (unpaired) electrons. The van der Waals surface area contributed by atoms with E-state index in [1.165, 1.54) is 17.8 Å². The highest BCUT2D eigenvalue weighted by molar-refractivity contribution is 7.99. The van der Waals surface area contributed by atoms with Gasteiger partial charge in [0.05, 0.1) is 5.75 Å². The Bertz CT molecular complexity index is 1070. The van der Waals surface area contributed by atoms with Crippen molar-refractivity contribution in [1.82, 2.24) is 25.4 Å². The molecule has 7 nitrogen and oxygen atoms in total. The van der Waals surface area contributed by atoms with E-state index in [9.17, 15) is 9.59 Å². The number of thioether (sulfide) groups is 1. The van der Waals surface area contributed by atoms with E-state index in [1.807, 2.05) is 47.9 Å². The van der Waals surface area contributed by atoms with Crippen LogP contribution in [-0.4, -0.2) is 39.0 Å². The summed E-state index contributed by atoms with van der Waals surface area (Å²) in [6.45, 7) is 5.78. The summed E-state index contributed by atoms with van der Waals surface area (Å²) in [5, 5.41) is 14.5. The monoisotopic (exact) mass is 441 g/mol. The number of carbonyl (C=O) groups excluding carboxylic acids is 2. The van der Waals surface area contributed by atoms with Crippen LogP contribution in [0.2, 0.25) is 5.02 Å². The van der Waals surface area contributed by atoms with Gasteiger partial charge in [0.2, 0.25) is 5.91 Å². The van der Waals surface area contributed by atoms with Gasteiger partial charge in [0.15, 0.2) is 11.0 Å². The second kappa shape index (κ2) is 10.1. The zero-order chi connectivity index (χ0) is 21.5. The molecule has 3 aromatic rings. The lowest BCUT2D eigenvalue weighted by atomic mass is 10.2. The molecule has 9 heteroatoms. The minimum Gasteiger partial charge on any atom is -0.334 e. The molecular weight excluding hydrogens is 422 g/mol. The van der Waals surface area contributed by atoms with Crippen LogP contribution in [0.25, 0.3) is 17.1 Å². The first-order chi connectivity index (χ1) is 14.5. The third kappa shape index (κ3) is 5.49. The lowest BCUT2D eigenvalue weighted by Gasteiger charge is -2.11. The van der Waals surface area contributed by atoms with Crippen molar-refractivity contribution in [3.63, 3.8) is 0 Å². The van der Waals surface area contributed by atoms with Crippen LogP contribution < -0.4 is 10.6 Å². The third-order valence-corrected chi connectivity index (χ3v) is 5.17. The molecule has 0 unspecified atom stereocenters. The Morgan fingerprint density at radius 3 is 2.67 bits per heavy atom. The van der Waals surface area contributed by atoms with Gasteiger partial charge in [0.1, 0.15) is 0 Å². The summed E-state index contributed by atoms with van der Waals surface area (Å²) in [5.74, 6) is 0.198. The van der Waals surface area contributed by atoms with Crippen LogP contribution in [0.1, 0.15) is 5.56 Å². The molecule has 3 amide bonds. The van der Waals surface area contributed by atoms with E-state index in [-0.39, 0.29) is 12.3 Å². The van der Waals surface area contributed by atoms with Crippen molar-refractivity contribution in [1.29, 1.82) is 0 Å². The van der Waals surface area contributed by atoms with Crippen LogP contribution in [-0.2, 0) is 4.79 Å². The summed E-state index contributed by atoms with van der Waals surface area (Å²) >= 11 is 7.20. The topological polar surface area (TPSA) is 88.9 Å². The smallest absolute Gasteiger partial charge is 0.321 e. The Labute approximate surface area is 183 Å². The normalized spacial score (nSPS) is 10.5. The number of nitrogens with zero attached hydrogens (tertiary/aromatic N) is 3. The summed E-state index contributed by atoms with van der Waals surface area (Å²) in [4.78, 5) is 23.7. The summed E-state index contributed by atoms with van der Waals surface area (Å²) in [7, 11) is 0. The number of urea groups is 1. The summed E-state index contributed by atoms with van der Waals surface area (Å²) in [5.41, 5.74) is 2.79.